The van der Waals surface area contributed by atoms with E-state index >= 15 is 0 Å². The summed E-state index contributed by atoms with van der Waals surface area (Å²) in [7, 11) is 0. The van der Waals surface area contributed by atoms with Gasteiger partial charge < -0.3 is 10.6 Å². The van der Waals surface area contributed by atoms with E-state index in [-0.39, 0.29) is 17.9 Å². The fourth-order valence-electron chi connectivity index (χ4n) is 1.47. The second-order valence-electron chi connectivity index (χ2n) is 4.28. The number of carbonyl (C=O) groups is 1. The SMILES string of the molecule is CC(CN)C(=O)N(Cc1cccs1)C(C)C. The quantitative estimate of drug-likeness (QED) is 0.856. The van der Waals surface area contributed by atoms with Crippen LogP contribution in [0.25, 0.3) is 0 Å². The zero-order valence-electron chi connectivity index (χ0n) is 10.1. The first-order chi connectivity index (χ1) is 7.56. The Labute approximate surface area is 101 Å². The van der Waals surface area contributed by atoms with Crippen molar-refractivity contribution in [3.05, 3.63) is 22.4 Å². The minimum absolute atomic E-state index is 0.0950. The third-order valence-electron chi connectivity index (χ3n) is 2.59. The number of carbonyl (C=O) groups excluding carboxylic acids is 1. The van der Waals surface area contributed by atoms with Crippen molar-refractivity contribution in [3.63, 3.8) is 0 Å². The van der Waals surface area contributed by atoms with Gasteiger partial charge in [0.25, 0.3) is 0 Å². The predicted molar refractivity (Wildman–Crippen MR) is 68.2 cm³/mol. The van der Waals surface area contributed by atoms with Gasteiger partial charge in [-0.15, -0.1) is 11.3 Å². The number of rotatable bonds is 5. The first-order valence-corrected chi connectivity index (χ1v) is 6.47. The number of hydrogen-bond acceptors (Lipinski definition) is 3. The molecule has 0 aliphatic heterocycles. The van der Waals surface area contributed by atoms with Crippen molar-refractivity contribution in [2.75, 3.05) is 6.54 Å². The van der Waals surface area contributed by atoms with Crippen molar-refractivity contribution < 1.29 is 4.79 Å². The van der Waals surface area contributed by atoms with Gasteiger partial charge in [0.2, 0.25) is 5.91 Å². The minimum atomic E-state index is -0.0950. The Morgan fingerprint density at radius 1 is 1.50 bits per heavy atom. The molecule has 1 unspecified atom stereocenters. The molecule has 1 heterocycles. The van der Waals surface area contributed by atoms with Crippen molar-refractivity contribution in [3.8, 4) is 0 Å². The molecule has 0 aliphatic carbocycles. The van der Waals surface area contributed by atoms with Crippen LogP contribution >= 0.6 is 11.3 Å². The van der Waals surface area contributed by atoms with Crippen molar-refractivity contribution >= 4 is 17.2 Å². The summed E-state index contributed by atoms with van der Waals surface area (Å²) >= 11 is 1.68. The summed E-state index contributed by atoms with van der Waals surface area (Å²) in [4.78, 5) is 15.2. The third-order valence-corrected chi connectivity index (χ3v) is 3.45. The summed E-state index contributed by atoms with van der Waals surface area (Å²) in [6.45, 7) is 7.06. The molecule has 2 N–H and O–H groups in total. The zero-order chi connectivity index (χ0) is 12.1. The van der Waals surface area contributed by atoms with Gasteiger partial charge in [0.1, 0.15) is 0 Å². The first kappa shape index (κ1) is 13.2. The maximum atomic E-state index is 12.1. The molecule has 90 valence electrons. The number of amides is 1. The van der Waals surface area contributed by atoms with Gasteiger partial charge in [0.05, 0.1) is 6.54 Å². The van der Waals surface area contributed by atoms with Gasteiger partial charge in [-0.05, 0) is 25.3 Å². The topological polar surface area (TPSA) is 46.3 Å². The molecule has 16 heavy (non-hydrogen) atoms. The van der Waals surface area contributed by atoms with Gasteiger partial charge in [-0.3, -0.25) is 4.79 Å². The largest absolute Gasteiger partial charge is 0.335 e. The van der Waals surface area contributed by atoms with E-state index in [4.69, 9.17) is 5.73 Å². The van der Waals surface area contributed by atoms with Gasteiger partial charge in [0.15, 0.2) is 0 Å². The molecular weight excluding hydrogens is 220 g/mol. The van der Waals surface area contributed by atoms with Gasteiger partial charge >= 0.3 is 0 Å². The summed E-state index contributed by atoms with van der Waals surface area (Å²) in [5.74, 6) is 0.0493. The second kappa shape index (κ2) is 6.01. The fraction of sp³-hybridized carbons (Fsp3) is 0.583. The third kappa shape index (κ3) is 3.32. The van der Waals surface area contributed by atoms with Crippen LogP contribution in [0.15, 0.2) is 17.5 Å². The molecule has 1 aromatic rings. The average Bonchev–Trinajstić information content (AvgIpc) is 2.76. The van der Waals surface area contributed by atoms with Gasteiger partial charge in [-0.1, -0.05) is 13.0 Å². The predicted octanol–water partition coefficient (Wildman–Crippen LogP) is 2.08. The summed E-state index contributed by atoms with van der Waals surface area (Å²) in [6.07, 6.45) is 0. The lowest BCUT2D eigenvalue weighted by Gasteiger charge is -2.28. The van der Waals surface area contributed by atoms with Crippen LogP contribution < -0.4 is 5.73 Å². The zero-order valence-corrected chi connectivity index (χ0v) is 11.0. The molecule has 0 fully saturated rings. The number of hydrogen-bond donors (Lipinski definition) is 1. The first-order valence-electron chi connectivity index (χ1n) is 5.59. The molecule has 4 heteroatoms. The Balaban J connectivity index is 2.71. The van der Waals surface area contributed by atoms with E-state index in [0.717, 1.165) is 0 Å². The van der Waals surface area contributed by atoms with Crippen LogP contribution in [0.5, 0.6) is 0 Å². The fourth-order valence-corrected chi connectivity index (χ4v) is 2.17. The van der Waals surface area contributed by atoms with E-state index < -0.39 is 0 Å². The highest BCUT2D eigenvalue weighted by atomic mass is 32.1. The highest BCUT2D eigenvalue weighted by Crippen LogP contribution is 2.16. The lowest BCUT2D eigenvalue weighted by Crippen LogP contribution is -2.41. The van der Waals surface area contributed by atoms with Crippen LogP contribution in [0.2, 0.25) is 0 Å². The van der Waals surface area contributed by atoms with E-state index in [1.165, 1.54) is 4.88 Å². The number of nitrogens with zero attached hydrogens (tertiary/aromatic N) is 1. The van der Waals surface area contributed by atoms with Crippen LogP contribution in [0.1, 0.15) is 25.6 Å². The molecule has 0 radical (unpaired) electrons. The van der Waals surface area contributed by atoms with E-state index in [1.54, 1.807) is 11.3 Å². The maximum absolute atomic E-state index is 12.1. The Bertz CT molecular complexity index is 322. The van der Waals surface area contributed by atoms with E-state index in [0.29, 0.717) is 13.1 Å². The smallest absolute Gasteiger partial charge is 0.227 e. The number of nitrogens with two attached hydrogens (primary N) is 1. The highest BCUT2D eigenvalue weighted by molar-refractivity contribution is 7.09. The van der Waals surface area contributed by atoms with Gasteiger partial charge in [-0.2, -0.15) is 0 Å². The molecule has 1 aromatic heterocycles. The number of thiophene rings is 1. The average molecular weight is 240 g/mol. The molecule has 0 spiro atoms. The lowest BCUT2D eigenvalue weighted by atomic mass is 10.1. The van der Waals surface area contributed by atoms with Crippen molar-refractivity contribution in [1.29, 1.82) is 0 Å². The van der Waals surface area contributed by atoms with Crippen LogP contribution in [-0.4, -0.2) is 23.4 Å². The molecular formula is C12H20N2OS. The maximum Gasteiger partial charge on any atom is 0.227 e. The Kier molecular flexibility index (Phi) is 4.96. The standard InChI is InChI=1S/C12H20N2OS/c1-9(2)14(12(15)10(3)7-13)8-11-5-4-6-16-11/h4-6,9-10H,7-8,13H2,1-3H3. The Hall–Kier alpha value is -0.870. The molecule has 1 amide bonds. The monoisotopic (exact) mass is 240 g/mol. The van der Waals surface area contributed by atoms with Crippen LogP contribution in [0.4, 0.5) is 0 Å². The lowest BCUT2D eigenvalue weighted by molar-refractivity contribution is -0.137. The van der Waals surface area contributed by atoms with E-state index in [1.807, 2.05) is 37.1 Å². The molecule has 0 saturated heterocycles. The Morgan fingerprint density at radius 3 is 2.62 bits per heavy atom. The van der Waals surface area contributed by atoms with E-state index in [2.05, 4.69) is 6.07 Å². The van der Waals surface area contributed by atoms with E-state index in [9.17, 15) is 4.79 Å². The highest BCUT2D eigenvalue weighted by Gasteiger charge is 2.22. The molecule has 3 nitrogen and oxygen atoms in total. The van der Waals surface area contributed by atoms with Crippen LogP contribution in [0.3, 0.4) is 0 Å². The minimum Gasteiger partial charge on any atom is -0.335 e. The summed E-state index contributed by atoms with van der Waals surface area (Å²) < 4.78 is 0. The molecule has 0 aromatic carbocycles. The Morgan fingerprint density at radius 2 is 2.19 bits per heavy atom. The summed E-state index contributed by atoms with van der Waals surface area (Å²) in [5.41, 5.74) is 5.54. The molecule has 0 aliphatic rings. The summed E-state index contributed by atoms with van der Waals surface area (Å²) in [6, 6.07) is 4.28. The molecule has 0 bridgehead atoms. The molecule has 1 atom stereocenters. The van der Waals surface area contributed by atoms with Gasteiger partial charge in [-0.25, -0.2) is 0 Å². The van der Waals surface area contributed by atoms with Crippen molar-refractivity contribution in [2.24, 2.45) is 11.7 Å². The van der Waals surface area contributed by atoms with Gasteiger partial charge in [0, 0.05) is 23.4 Å². The van der Waals surface area contributed by atoms with Crippen LogP contribution in [0, 0.1) is 5.92 Å². The molecule has 1 rings (SSSR count). The van der Waals surface area contributed by atoms with Crippen LogP contribution in [-0.2, 0) is 11.3 Å². The van der Waals surface area contributed by atoms with Crippen molar-refractivity contribution in [2.45, 2.75) is 33.4 Å². The molecule has 0 saturated carbocycles. The normalized spacial score (nSPS) is 12.8. The second-order valence-corrected chi connectivity index (χ2v) is 5.31. The van der Waals surface area contributed by atoms with Crippen molar-refractivity contribution in [1.82, 2.24) is 4.90 Å². The summed E-state index contributed by atoms with van der Waals surface area (Å²) in [5, 5.41) is 2.03.